The highest BCUT2D eigenvalue weighted by atomic mass is 15.2. The van der Waals surface area contributed by atoms with E-state index in [2.05, 4.69) is 519 Å². The van der Waals surface area contributed by atoms with Crippen molar-refractivity contribution >= 4 is 142 Å². The smallest absolute Gasteiger partial charge is 0.0726 e. The third-order valence-corrected chi connectivity index (χ3v) is 31.8. The molecular formula is C138H84N2. The van der Waals surface area contributed by atoms with E-state index in [0.29, 0.717) is 0 Å². The van der Waals surface area contributed by atoms with E-state index in [-0.39, 0.29) is 0 Å². The quantitative estimate of drug-likeness (QED) is 0.119. The van der Waals surface area contributed by atoms with E-state index in [4.69, 9.17) is 0 Å². The Morgan fingerprint density at radius 1 is 0.114 bits per heavy atom. The van der Waals surface area contributed by atoms with Crippen LogP contribution in [0.1, 0.15) is 44.5 Å². The Labute approximate surface area is 810 Å². The van der Waals surface area contributed by atoms with Gasteiger partial charge in [-0.05, 0) is 338 Å². The summed E-state index contributed by atoms with van der Waals surface area (Å²) in [5, 5.41) is 24.2. The largest absolute Gasteiger partial charge is 0.310 e. The van der Waals surface area contributed by atoms with Crippen LogP contribution in [0.5, 0.6) is 0 Å². The van der Waals surface area contributed by atoms with Gasteiger partial charge in [0.2, 0.25) is 0 Å². The fraction of sp³-hybridized carbons (Fsp3) is 0.0145. The molecule has 0 bridgehead atoms. The highest BCUT2D eigenvalue weighted by Gasteiger charge is 2.54. The molecule has 26 aromatic rings. The molecule has 4 aliphatic carbocycles. The number of rotatable bonds is 11. The van der Waals surface area contributed by atoms with E-state index in [9.17, 15) is 0 Å². The fourth-order valence-corrected chi connectivity index (χ4v) is 25.9. The number of anilines is 6. The minimum Gasteiger partial charge on any atom is -0.310 e. The molecule has 2 spiro atoms. The molecule has 0 radical (unpaired) electrons. The average molecular weight is 1770 g/mol. The second-order valence-electron chi connectivity index (χ2n) is 38.6. The van der Waals surface area contributed by atoms with Crippen molar-refractivity contribution in [3.05, 3.63) is 554 Å². The van der Waals surface area contributed by atoms with Crippen LogP contribution in [0, 0.1) is 0 Å². The van der Waals surface area contributed by atoms with Crippen LogP contribution in [0.4, 0.5) is 34.1 Å². The summed E-state index contributed by atoms with van der Waals surface area (Å²) in [6.45, 7) is 0. The minimum atomic E-state index is -0.623. The van der Waals surface area contributed by atoms with Crippen molar-refractivity contribution in [3.63, 3.8) is 0 Å². The molecule has 30 rings (SSSR count). The van der Waals surface area contributed by atoms with Gasteiger partial charge in [0.05, 0.1) is 22.2 Å². The lowest BCUT2D eigenvalue weighted by molar-refractivity contribution is 0.794. The van der Waals surface area contributed by atoms with Gasteiger partial charge in [-0.2, -0.15) is 0 Å². The summed E-state index contributed by atoms with van der Waals surface area (Å²) in [5.74, 6) is 0. The molecule has 0 saturated carbocycles. The van der Waals surface area contributed by atoms with E-state index in [1.54, 1.807) is 0 Å². The van der Waals surface area contributed by atoms with Gasteiger partial charge in [0, 0.05) is 33.9 Å². The lowest BCUT2D eigenvalue weighted by Gasteiger charge is -2.34. The van der Waals surface area contributed by atoms with Crippen LogP contribution in [0.2, 0.25) is 0 Å². The Kier molecular flexibility index (Phi) is 16.9. The first kappa shape index (κ1) is 78.3. The van der Waals surface area contributed by atoms with Gasteiger partial charge in [-0.3, -0.25) is 0 Å². The highest BCUT2D eigenvalue weighted by molar-refractivity contribution is 6.29. The standard InChI is InChI=1S/C138H84N2/c1-3-32-85(33-4-1)87-64-67-93(68-65-87)139(95-69-72-109-101-43-11-10-41-99(101)100-42-12-15-46-104(100)121(109)79-95)135-83-133-123(115-54-23-29-60-131(115)137(133)127-56-25-19-50-111(127)112-51-20-26-57-128(112)137)81-125(135)120-78-92-63-62-89(75-117(92)102-44-13-16-47-105(102)120)90-66-71-108-110-73-70-96(80-122(110)107-49-18-17-48-106(107)118(108)76-90)140(94-38-31-37-88(74-94)86-34-5-2-6-35-86)136-84-134-124(82-126(136)119-77-91-36-7-8-39-97(91)98-40-9-14-45-103(98)119)116-55-24-30-61-132(116)138(134)129-58-27-21-52-113(129)114-53-22-28-59-130(114)138/h1-84H. The van der Waals surface area contributed by atoms with E-state index in [1.807, 2.05) is 0 Å². The Morgan fingerprint density at radius 2 is 0.386 bits per heavy atom. The molecule has 0 unspecified atom stereocenters. The van der Waals surface area contributed by atoms with Crippen LogP contribution in [0.25, 0.3) is 208 Å². The van der Waals surface area contributed by atoms with Gasteiger partial charge in [0.1, 0.15) is 0 Å². The number of nitrogens with zero attached hydrogens (tertiary/aromatic N) is 2. The molecule has 4 aliphatic rings. The zero-order valence-electron chi connectivity index (χ0n) is 76.4. The Balaban J connectivity index is 0.615. The van der Waals surface area contributed by atoms with Gasteiger partial charge >= 0.3 is 0 Å². The summed E-state index contributed by atoms with van der Waals surface area (Å²) in [4.78, 5) is 5.19. The van der Waals surface area contributed by atoms with Crippen molar-refractivity contribution in [2.75, 3.05) is 9.80 Å². The number of hydrogen-bond acceptors (Lipinski definition) is 2. The highest BCUT2D eigenvalue weighted by Crippen LogP contribution is 2.68. The fourth-order valence-electron chi connectivity index (χ4n) is 25.9. The summed E-state index contributed by atoms with van der Waals surface area (Å²) < 4.78 is 0. The predicted octanol–water partition coefficient (Wildman–Crippen LogP) is 37.2. The third kappa shape index (κ3) is 11.2. The van der Waals surface area contributed by atoms with E-state index in [0.717, 1.165) is 84.0 Å². The van der Waals surface area contributed by atoms with Crippen LogP contribution in [-0.2, 0) is 10.8 Å². The van der Waals surface area contributed by atoms with E-state index < -0.39 is 10.8 Å². The summed E-state index contributed by atoms with van der Waals surface area (Å²) in [5.41, 5.74) is 37.3. The second-order valence-corrected chi connectivity index (χ2v) is 38.6. The molecule has 0 saturated heterocycles. The van der Waals surface area contributed by atoms with Crippen LogP contribution in [-0.4, -0.2) is 0 Å². The number of fused-ring (bicyclic) bond motifs is 38. The molecule has 140 heavy (non-hydrogen) atoms. The maximum absolute atomic E-state index is 2.62. The Bertz CT molecular complexity index is 9700. The molecule has 0 fully saturated rings. The molecule has 646 valence electrons. The van der Waals surface area contributed by atoms with Crippen LogP contribution in [0.15, 0.2) is 510 Å². The molecule has 0 N–H and O–H groups in total. The van der Waals surface area contributed by atoms with Crippen molar-refractivity contribution < 1.29 is 0 Å². The first-order chi connectivity index (χ1) is 69.4. The van der Waals surface area contributed by atoms with Gasteiger partial charge in [-0.15, -0.1) is 0 Å². The normalized spacial score (nSPS) is 13.1. The summed E-state index contributed by atoms with van der Waals surface area (Å²) in [6, 6.07) is 194. The van der Waals surface area contributed by atoms with Crippen molar-refractivity contribution in [3.8, 4) is 100 Å². The van der Waals surface area contributed by atoms with E-state index >= 15 is 0 Å². The molecule has 0 atom stereocenters. The Morgan fingerprint density at radius 3 is 0.829 bits per heavy atom. The molecular weight excluding hydrogens is 1690 g/mol. The molecule has 0 aliphatic heterocycles. The molecule has 0 aromatic heterocycles. The summed E-state index contributed by atoms with van der Waals surface area (Å²) >= 11 is 0. The first-order valence-electron chi connectivity index (χ1n) is 48.9. The van der Waals surface area contributed by atoms with Crippen LogP contribution in [0.3, 0.4) is 0 Å². The maximum Gasteiger partial charge on any atom is 0.0726 e. The van der Waals surface area contributed by atoms with Gasteiger partial charge in [0.25, 0.3) is 0 Å². The summed E-state index contributed by atoms with van der Waals surface area (Å²) in [6.07, 6.45) is 0. The topological polar surface area (TPSA) is 6.48 Å². The predicted molar refractivity (Wildman–Crippen MR) is 591 cm³/mol. The van der Waals surface area contributed by atoms with Crippen LogP contribution < -0.4 is 9.80 Å². The number of hydrogen-bond donors (Lipinski definition) is 0. The third-order valence-electron chi connectivity index (χ3n) is 31.8. The van der Waals surface area contributed by atoms with Crippen molar-refractivity contribution in [2.45, 2.75) is 10.8 Å². The summed E-state index contributed by atoms with van der Waals surface area (Å²) in [7, 11) is 0. The SMILES string of the molecule is c1ccc(-c2ccc(N(c3ccc4c5ccccc5c5ccccc5c4c3)c3cc4c(cc3-c3cc5ccc(-c6ccc7c8ccc(N(c9cccc(-c%10ccccc%10)c9)c9cc%10c(cc9-c9cc%11ccccc%11c%11ccccc9%11)-c9ccccc9C%109c%10ccccc%10-c%10ccccc%109)cc8c8ccccc8c7c6)cc5c5ccccc35)-c3ccccc3C43c4ccccc4-c4ccccc43)cc2)cc1. The van der Waals surface area contributed by atoms with Crippen molar-refractivity contribution in [1.82, 2.24) is 0 Å². The monoisotopic (exact) mass is 1770 g/mol. The zero-order valence-corrected chi connectivity index (χ0v) is 76.4. The van der Waals surface area contributed by atoms with Crippen LogP contribution >= 0.6 is 0 Å². The molecule has 0 heterocycles. The average Bonchev–Trinajstić information content (AvgIpc) is 1.51. The molecule has 2 heteroatoms. The van der Waals surface area contributed by atoms with Crippen molar-refractivity contribution in [1.29, 1.82) is 0 Å². The first-order valence-corrected chi connectivity index (χ1v) is 48.9. The lowest BCUT2D eigenvalue weighted by Crippen LogP contribution is -2.26. The second kappa shape index (κ2) is 30.2. The van der Waals surface area contributed by atoms with Crippen molar-refractivity contribution in [2.24, 2.45) is 0 Å². The van der Waals surface area contributed by atoms with Gasteiger partial charge in [0.15, 0.2) is 0 Å². The van der Waals surface area contributed by atoms with Gasteiger partial charge < -0.3 is 9.80 Å². The number of benzene rings is 26. The molecule has 2 nitrogen and oxygen atoms in total. The Hall–Kier alpha value is -18.1. The van der Waals surface area contributed by atoms with E-state index in [1.165, 1.54) is 202 Å². The molecule has 0 amide bonds. The minimum absolute atomic E-state index is 0.614. The maximum atomic E-state index is 2.62. The zero-order chi connectivity index (χ0) is 91.6. The lowest BCUT2D eigenvalue weighted by atomic mass is 9.70. The molecule has 26 aromatic carbocycles. The van der Waals surface area contributed by atoms with Gasteiger partial charge in [-0.1, -0.05) is 413 Å². The van der Waals surface area contributed by atoms with Gasteiger partial charge in [-0.25, -0.2) is 0 Å².